The van der Waals surface area contributed by atoms with E-state index < -0.39 is 0 Å². The molecule has 2 atom stereocenters. The fraction of sp³-hybridized carbons (Fsp3) is 0.667. The molecule has 0 bridgehead atoms. The van der Waals surface area contributed by atoms with Gasteiger partial charge in [-0.25, -0.2) is 0 Å². The highest BCUT2D eigenvalue weighted by atomic mass is 35.5. The maximum absolute atomic E-state index is 12.0. The topological polar surface area (TPSA) is 44.4 Å². The number of hydrogen-bond acceptors (Lipinski definition) is 3. The van der Waals surface area contributed by atoms with Crippen molar-refractivity contribution < 1.29 is 4.79 Å². The Kier molecular flexibility index (Phi) is 11.3. The summed E-state index contributed by atoms with van der Waals surface area (Å²) in [6, 6.07) is 8.74. The molecule has 27 heavy (non-hydrogen) atoms. The van der Waals surface area contributed by atoms with Gasteiger partial charge >= 0.3 is 0 Å². The number of amides is 1. The highest BCUT2D eigenvalue weighted by Gasteiger charge is 2.17. The van der Waals surface area contributed by atoms with E-state index in [1.165, 1.54) is 43.5 Å². The molecular formula is C21H35Cl2N3O. The molecule has 1 amide bonds. The molecule has 2 N–H and O–H groups in total. The number of benzene rings is 1. The van der Waals surface area contributed by atoms with E-state index in [-0.39, 0.29) is 30.7 Å². The van der Waals surface area contributed by atoms with Gasteiger partial charge in [0.05, 0.1) is 0 Å². The van der Waals surface area contributed by atoms with Crippen molar-refractivity contribution in [3.63, 3.8) is 0 Å². The summed E-state index contributed by atoms with van der Waals surface area (Å²) in [5.41, 5.74) is 2.56. The van der Waals surface area contributed by atoms with Crippen molar-refractivity contribution >= 4 is 30.7 Å². The Balaban J connectivity index is 0.00000182. The van der Waals surface area contributed by atoms with E-state index >= 15 is 0 Å². The van der Waals surface area contributed by atoms with Crippen LogP contribution in [0.5, 0.6) is 0 Å². The number of nitrogens with one attached hydrogen (secondary N) is 2. The van der Waals surface area contributed by atoms with Crippen LogP contribution < -0.4 is 10.6 Å². The van der Waals surface area contributed by atoms with E-state index in [4.69, 9.17) is 0 Å². The molecule has 4 nitrogen and oxygen atoms in total. The fourth-order valence-corrected chi connectivity index (χ4v) is 4.04. The number of carbonyl (C=O) groups excluding carboxylic acids is 1. The zero-order valence-electron chi connectivity index (χ0n) is 16.4. The van der Waals surface area contributed by atoms with Gasteiger partial charge in [0.2, 0.25) is 5.91 Å². The van der Waals surface area contributed by atoms with E-state index in [9.17, 15) is 4.79 Å². The molecule has 2 unspecified atom stereocenters. The van der Waals surface area contributed by atoms with Gasteiger partial charge in [-0.3, -0.25) is 9.69 Å². The lowest BCUT2D eigenvalue weighted by Crippen LogP contribution is -2.33. The first-order valence-electron chi connectivity index (χ1n) is 9.96. The lowest BCUT2D eigenvalue weighted by Gasteiger charge is -2.30. The molecule has 2 heterocycles. The standard InChI is InChI=1S/C21H33N3O.2ClH/c1-17-3-2-12-24(15-17)16-20-6-4-18(5-7-20)14-23-21(25)9-8-19-10-11-22-13-19;;/h4-7,17,19,22H,2-3,8-16H2,1H3,(H,23,25);2*1H. The van der Waals surface area contributed by atoms with Crippen LogP contribution in [-0.2, 0) is 17.9 Å². The SMILES string of the molecule is CC1CCCN(Cc2ccc(CNC(=O)CCC3CCNC3)cc2)C1.Cl.Cl. The summed E-state index contributed by atoms with van der Waals surface area (Å²) in [5.74, 6) is 1.68. The van der Waals surface area contributed by atoms with Crippen LogP contribution >= 0.6 is 24.8 Å². The molecule has 2 saturated heterocycles. The van der Waals surface area contributed by atoms with Gasteiger partial charge in [-0.15, -0.1) is 24.8 Å². The fourth-order valence-electron chi connectivity index (χ4n) is 4.04. The van der Waals surface area contributed by atoms with Crippen molar-refractivity contribution in [3.8, 4) is 0 Å². The first-order valence-corrected chi connectivity index (χ1v) is 9.96. The number of piperidine rings is 1. The van der Waals surface area contributed by atoms with Gasteiger partial charge in [-0.2, -0.15) is 0 Å². The normalized spacial score (nSPS) is 22.6. The Bertz CT molecular complexity index is 547. The largest absolute Gasteiger partial charge is 0.352 e. The zero-order valence-corrected chi connectivity index (χ0v) is 18.0. The van der Waals surface area contributed by atoms with Gasteiger partial charge in [0, 0.05) is 26.1 Å². The molecule has 2 fully saturated rings. The summed E-state index contributed by atoms with van der Waals surface area (Å²) < 4.78 is 0. The van der Waals surface area contributed by atoms with Crippen LogP contribution in [-0.4, -0.2) is 37.0 Å². The van der Waals surface area contributed by atoms with Gasteiger partial charge in [0.25, 0.3) is 0 Å². The number of rotatable bonds is 7. The molecule has 2 aliphatic heterocycles. The maximum atomic E-state index is 12.0. The third kappa shape index (κ3) is 8.39. The highest BCUT2D eigenvalue weighted by Crippen LogP contribution is 2.18. The third-order valence-corrected chi connectivity index (χ3v) is 5.60. The Hall–Kier alpha value is -0.810. The van der Waals surface area contributed by atoms with Gasteiger partial charge in [-0.1, -0.05) is 31.2 Å². The predicted molar refractivity (Wildman–Crippen MR) is 117 cm³/mol. The quantitative estimate of drug-likeness (QED) is 0.711. The molecule has 3 rings (SSSR count). The average molecular weight is 416 g/mol. The minimum Gasteiger partial charge on any atom is -0.352 e. The summed E-state index contributed by atoms with van der Waals surface area (Å²) in [6.07, 6.45) is 5.56. The van der Waals surface area contributed by atoms with Crippen LogP contribution in [0.15, 0.2) is 24.3 Å². The molecule has 0 aliphatic carbocycles. The van der Waals surface area contributed by atoms with Crippen molar-refractivity contribution in [2.24, 2.45) is 11.8 Å². The number of carbonyl (C=O) groups is 1. The van der Waals surface area contributed by atoms with Crippen LogP contribution in [0.1, 0.15) is 50.2 Å². The third-order valence-electron chi connectivity index (χ3n) is 5.60. The van der Waals surface area contributed by atoms with Gasteiger partial charge < -0.3 is 10.6 Å². The minimum absolute atomic E-state index is 0. The lowest BCUT2D eigenvalue weighted by molar-refractivity contribution is -0.121. The first-order chi connectivity index (χ1) is 12.2. The van der Waals surface area contributed by atoms with E-state index in [2.05, 4.69) is 46.7 Å². The number of nitrogens with zero attached hydrogens (tertiary/aromatic N) is 1. The Labute approximate surface area is 176 Å². The molecular weight excluding hydrogens is 381 g/mol. The Morgan fingerprint density at radius 3 is 2.59 bits per heavy atom. The molecule has 1 aromatic rings. The first kappa shape index (κ1) is 24.2. The van der Waals surface area contributed by atoms with Crippen LogP contribution in [0.2, 0.25) is 0 Å². The van der Waals surface area contributed by atoms with Crippen LogP contribution in [0.25, 0.3) is 0 Å². The molecule has 0 saturated carbocycles. The van der Waals surface area contributed by atoms with Crippen LogP contribution in [0.4, 0.5) is 0 Å². The van der Waals surface area contributed by atoms with E-state index in [0.29, 0.717) is 18.9 Å². The second kappa shape index (κ2) is 12.6. The minimum atomic E-state index is 0. The molecule has 0 radical (unpaired) electrons. The predicted octanol–water partition coefficient (Wildman–Crippen LogP) is 3.77. The summed E-state index contributed by atoms with van der Waals surface area (Å²) in [4.78, 5) is 14.6. The monoisotopic (exact) mass is 415 g/mol. The average Bonchev–Trinajstić information content (AvgIpc) is 3.13. The van der Waals surface area contributed by atoms with Crippen molar-refractivity contribution in [3.05, 3.63) is 35.4 Å². The van der Waals surface area contributed by atoms with Crippen molar-refractivity contribution in [1.29, 1.82) is 0 Å². The second-order valence-corrected chi connectivity index (χ2v) is 7.97. The Morgan fingerprint density at radius 2 is 1.93 bits per heavy atom. The Morgan fingerprint density at radius 1 is 1.19 bits per heavy atom. The van der Waals surface area contributed by atoms with Gasteiger partial charge in [0.15, 0.2) is 0 Å². The maximum Gasteiger partial charge on any atom is 0.220 e. The van der Waals surface area contributed by atoms with Gasteiger partial charge in [0.1, 0.15) is 0 Å². The van der Waals surface area contributed by atoms with Crippen LogP contribution in [0.3, 0.4) is 0 Å². The van der Waals surface area contributed by atoms with Crippen molar-refractivity contribution in [2.45, 2.75) is 52.1 Å². The van der Waals surface area contributed by atoms with E-state index in [1.54, 1.807) is 0 Å². The molecule has 6 heteroatoms. The van der Waals surface area contributed by atoms with E-state index in [0.717, 1.165) is 32.0 Å². The molecule has 0 spiro atoms. The summed E-state index contributed by atoms with van der Waals surface area (Å²) in [6.45, 7) is 8.66. The molecule has 154 valence electrons. The summed E-state index contributed by atoms with van der Waals surface area (Å²) in [7, 11) is 0. The van der Waals surface area contributed by atoms with Gasteiger partial charge in [-0.05, 0) is 68.3 Å². The summed E-state index contributed by atoms with van der Waals surface area (Å²) >= 11 is 0. The second-order valence-electron chi connectivity index (χ2n) is 7.97. The number of halogens is 2. The smallest absolute Gasteiger partial charge is 0.220 e. The van der Waals surface area contributed by atoms with E-state index in [1.807, 2.05) is 0 Å². The highest BCUT2D eigenvalue weighted by molar-refractivity contribution is 5.85. The number of likely N-dealkylation sites (tertiary alicyclic amines) is 1. The van der Waals surface area contributed by atoms with Crippen LogP contribution in [0, 0.1) is 11.8 Å². The van der Waals surface area contributed by atoms with Crippen molar-refractivity contribution in [1.82, 2.24) is 15.5 Å². The zero-order chi connectivity index (χ0) is 17.5. The molecule has 1 aromatic carbocycles. The molecule has 2 aliphatic rings. The van der Waals surface area contributed by atoms with Crippen molar-refractivity contribution in [2.75, 3.05) is 26.2 Å². The summed E-state index contributed by atoms with van der Waals surface area (Å²) in [5, 5.41) is 6.42. The number of hydrogen-bond donors (Lipinski definition) is 2. The molecule has 0 aromatic heterocycles. The lowest BCUT2D eigenvalue weighted by atomic mass is 9.99.